The summed E-state index contributed by atoms with van der Waals surface area (Å²) in [5.41, 5.74) is 4.68. The van der Waals surface area contributed by atoms with Gasteiger partial charge in [-0.2, -0.15) is 0 Å². The Morgan fingerprint density at radius 1 is 1.80 bits per heavy atom. The fourth-order valence-electron chi connectivity index (χ4n) is 1.52. The second kappa shape index (κ2) is 2.23. The van der Waals surface area contributed by atoms with Crippen molar-refractivity contribution in [2.45, 2.75) is 31.7 Å². The molecule has 0 unspecified atom stereocenters. The van der Waals surface area contributed by atoms with Gasteiger partial charge in [-0.3, -0.25) is 4.79 Å². The van der Waals surface area contributed by atoms with Gasteiger partial charge in [0, 0.05) is 0 Å². The van der Waals surface area contributed by atoms with Crippen LogP contribution < -0.4 is 5.73 Å². The Kier molecular flexibility index (Phi) is 1.68. The fourth-order valence-corrected chi connectivity index (χ4v) is 1.52. The van der Waals surface area contributed by atoms with Crippen LogP contribution in [0.4, 0.5) is 0 Å². The molecule has 0 radical (unpaired) electrons. The molecule has 1 aliphatic carbocycles. The molecule has 0 bridgehead atoms. The molecule has 3 heteroatoms. The number of hydrogen-bond donors (Lipinski definition) is 2. The van der Waals surface area contributed by atoms with Crippen molar-refractivity contribution in [2.75, 3.05) is 0 Å². The van der Waals surface area contributed by atoms with Crippen molar-refractivity contribution in [1.29, 1.82) is 0 Å². The molecule has 0 amide bonds. The molecular weight excluding hydrogens is 130 g/mol. The molecular formula is C7H13NO2. The van der Waals surface area contributed by atoms with Crippen LogP contribution in [0, 0.1) is 5.92 Å². The molecule has 0 aromatic rings. The number of carbonyl (C=O) groups is 1. The van der Waals surface area contributed by atoms with Crippen molar-refractivity contribution in [3.8, 4) is 0 Å². The highest BCUT2D eigenvalue weighted by Crippen LogP contribution is 2.32. The third-order valence-corrected chi connectivity index (χ3v) is 2.22. The molecule has 3 nitrogen and oxygen atoms in total. The zero-order valence-electron chi connectivity index (χ0n) is 6.13. The summed E-state index contributed by atoms with van der Waals surface area (Å²) in [6, 6.07) is 0. The van der Waals surface area contributed by atoms with Crippen LogP contribution in [0.5, 0.6) is 0 Å². The van der Waals surface area contributed by atoms with E-state index in [2.05, 4.69) is 0 Å². The lowest BCUT2D eigenvalue weighted by Gasteiger charge is -2.16. The van der Waals surface area contributed by atoms with Crippen molar-refractivity contribution in [3.63, 3.8) is 0 Å². The van der Waals surface area contributed by atoms with Gasteiger partial charge in [-0.1, -0.05) is 6.92 Å². The molecule has 3 N–H and O–H groups in total. The van der Waals surface area contributed by atoms with Crippen molar-refractivity contribution in [2.24, 2.45) is 11.7 Å². The first-order valence-corrected chi connectivity index (χ1v) is 3.57. The monoisotopic (exact) mass is 143 g/mol. The smallest absolute Gasteiger partial charge is 0.323 e. The predicted octanol–water partition coefficient (Wildman–Crippen LogP) is 0.588. The molecule has 2 atom stereocenters. The van der Waals surface area contributed by atoms with Crippen LogP contribution in [0.1, 0.15) is 26.2 Å². The van der Waals surface area contributed by atoms with E-state index in [1.165, 1.54) is 0 Å². The van der Waals surface area contributed by atoms with Crippen LogP contribution in [0.15, 0.2) is 0 Å². The summed E-state index contributed by atoms with van der Waals surface area (Å²) in [4.78, 5) is 10.5. The Bertz CT molecular complexity index is 158. The molecule has 1 rings (SSSR count). The van der Waals surface area contributed by atoms with Crippen LogP contribution in [-0.2, 0) is 4.79 Å². The first-order valence-electron chi connectivity index (χ1n) is 3.57. The molecule has 0 saturated heterocycles. The van der Waals surface area contributed by atoms with Crippen LogP contribution in [0.25, 0.3) is 0 Å². The zero-order valence-corrected chi connectivity index (χ0v) is 6.13. The van der Waals surface area contributed by atoms with Gasteiger partial charge < -0.3 is 10.8 Å². The second-order valence-corrected chi connectivity index (χ2v) is 3.31. The summed E-state index contributed by atoms with van der Waals surface area (Å²) in [7, 11) is 0. The summed E-state index contributed by atoms with van der Waals surface area (Å²) < 4.78 is 0. The van der Waals surface area contributed by atoms with Crippen molar-refractivity contribution in [1.82, 2.24) is 0 Å². The average molecular weight is 143 g/mol. The molecule has 10 heavy (non-hydrogen) atoms. The minimum atomic E-state index is -0.917. The Balaban J connectivity index is 2.63. The van der Waals surface area contributed by atoms with E-state index in [1.54, 1.807) is 0 Å². The standard InChI is InChI=1S/C7H13NO2/c1-5-2-3-7(8,4-5)6(9)10/h5H,2-4,8H2,1H3,(H,9,10)/t5-,7-/m0/s1. The summed E-state index contributed by atoms with van der Waals surface area (Å²) in [6.45, 7) is 2.04. The van der Waals surface area contributed by atoms with E-state index in [9.17, 15) is 4.79 Å². The van der Waals surface area contributed by atoms with Crippen LogP contribution in [-0.4, -0.2) is 16.6 Å². The Labute approximate surface area is 60.2 Å². The lowest BCUT2D eigenvalue weighted by Crippen LogP contribution is -2.45. The fraction of sp³-hybridized carbons (Fsp3) is 0.857. The van der Waals surface area contributed by atoms with Crippen LogP contribution in [0.3, 0.4) is 0 Å². The number of hydrogen-bond acceptors (Lipinski definition) is 2. The molecule has 1 aliphatic rings. The van der Waals surface area contributed by atoms with E-state index in [0.717, 1.165) is 6.42 Å². The number of aliphatic carboxylic acids is 1. The quantitative estimate of drug-likeness (QED) is 0.564. The first kappa shape index (κ1) is 7.54. The maximum Gasteiger partial charge on any atom is 0.323 e. The maximum atomic E-state index is 10.5. The molecule has 0 spiro atoms. The molecule has 0 aliphatic heterocycles. The molecule has 0 heterocycles. The van der Waals surface area contributed by atoms with Gasteiger partial charge in [0.25, 0.3) is 0 Å². The zero-order chi connectivity index (χ0) is 7.78. The van der Waals surface area contributed by atoms with Gasteiger partial charge in [0.1, 0.15) is 5.54 Å². The SMILES string of the molecule is C[C@H]1CC[C@@](N)(C(=O)O)C1. The minimum absolute atomic E-state index is 0.473. The average Bonchev–Trinajstić information content (AvgIpc) is 2.13. The van der Waals surface area contributed by atoms with Gasteiger partial charge >= 0.3 is 5.97 Å². The lowest BCUT2D eigenvalue weighted by atomic mass is 9.98. The lowest BCUT2D eigenvalue weighted by molar-refractivity contribution is -0.143. The largest absolute Gasteiger partial charge is 0.480 e. The summed E-state index contributed by atoms with van der Waals surface area (Å²) in [5.74, 6) is -0.377. The minimum Gasteiger partial charge on any atom is -0.480 e. The highest BCUT2D eigenvalue weighted by Gasteiger charge is 2.40. The van der Waals surface area contributed by atoms with Crippen molar-refractivity contribution in [3.05, 3.63) is 0 Å². The highest BCUT2D eigenvalue weighted by atomic mass is 16.4. The predicted molar refractivity (Wildman–Crippen MR) is 37.6 cm³/mol. The first-order chi connectivity index (χ1) is 4.54. The van der Waals surface area contributed by atoms with Gasteiger partial charge in [-0.05, 0) is 25.2 Å². The highest BCUT2D eigenvalue weighted by molar-refractivity contribution is 5.78. The third kappa shape index (κ3) is 1.14. The molecule has 0 aromatic heterocycles. The molecule has 1 saturated carbocycles. The number of nitrogens with two attached hydrogens (primary N) is 1. The Morgan fingerprint density at radius 2 is 2.40 bits per heavy atom. The van der Waals surface area contributed by atoms with E-state index in [4.69, 9.17) is 10.8 Å². The van der Waals surface area contributed by atoms with Crippen LogP contribution >= 0.6 is 0 Å². The second-order valence-electron chi connectivity index (χ2n) is 3.31. The summed E-state index contributed by atoms with van der Waals surface area (Å²) in [5, 5.41) is 8.67. The van der Waals surface area contributed by atoms with E-state index >= 15 is 0 Å². The Morgan fingerprint density at radius 3 is 2.60 bits per heavy atom. The van der Waals surface area contributed by atoms with E-state index in [0.29, 0.717) is 18.8 Å². The topological polar surface area (TPSA) is 63.3 Å². The van der Waals surface area contributed by atoms with Gasteiger partial charge in [-0.25, -0.2) is 0 Å². The molecule has 58 valence electrons. The van der Waals surface area contributed by atoms with E-state index in [1.807, 2.05) is 6.92 Å². The Hall–Kier alpha value is -0.570. The maximum absolute atomic E-state index is 10.5. The normalized spacial score (nSPS) is 40.0. The van der Waals surface area contributed by atoms with Crippen LogP contribution in [0.2, 0.25) is 0 Å². The van der Waals surface area contributed by atoms with Crippen molar-refractivity contribution < 1.29 is 9.90 Å². The number of rotatable bonds is 1. The summed E-state index contributed by atoms with van der Waals surface area (Å²) >= 11 is 0. The van der Waals surface area contributed by atoms with Gasteiger partial charge in [0.2, 0.25) is 0 Å². The van der Waals surface area contributed by atoms with Gasteiger partial charge in [-0.15, -0.1) is 0 Å². The molecule has 1 fully saturated rings. The third-order valence-electron chi connectivity index (χ3n) is 2.22. The van der Waals surface area contributed by atoms with Gasteiger partial charge in [0.05, 0.1) is 0 Å². The molecule has 0 aromatic carbocycles. The van der Waals surface area contributed by atoms with Crippen molar-refractivity contribution >= 4 is 5.97 Å². The number of carboxylic acid groups (broad SMARTS) is 1. The number of carboxylic acids is 1. The van der Waals surface area contributed by atoms with E-state index in [-0.39, 0.29) is 0 Å². The summed E-state index contributed by atoms with van der Waals surface area (Å²) in [6.07, 6.45) is 2.20. The van der Waals surface area contributed by atoms with E-state index < -0.39 is 11.5 Å². The van der Waals surface area contributed by atoms with Gasteiger partial charge in [0.15, 0.2) is 0 Å².